The lowest BCUT2D eigenvalue weighted by Crippen LogP contribution is -2.31. The van der Waals surface area contributed by atoms with Crippen molar-refractivity contribution in [3.8, 4) is 33.8 Å². The summed E-state index contributed by atoms with van der Waals surface area (Å²) in [5.41, 5.74) is 11.3. The Bertz CT molecular complexity index is 4920. The summed E-state index contributed by atoms with van der Waals surface area (Å²) in [6.45, 7) is 4.25. The molecule has 0 saturated heterocycles. The number of fused-ring (bicyclic) bond motifs is 13. The quantitative estimate of drug-likeness (QED) is 0.156. The van der Waals surface area contributed by atoms with Crippen LogP contribution in [0.25, 0.3) is 127 Å². The first-order valence-corrected chi connectivity index (χ1v) is 28.2. The van der Waals surface area contributed by atoms with Gasteiger partial charge in [0, 0.05) is 69.3 Å². The van der Waals surface area contributed by atoms with Crippen LogP contribution in [0.4, 0.5) is 0 Å². The van der Waals surface area contributed by atoms with Crippen molar-refractivity contribution < 1.29 is 17.8 Å². The lowest BCUT2D eigenvalue weighted by Gasteiger charge is -2.06. The molecule has 0 spiro atoms. The van der Waals surface area contributed by atoms with Crippen LogP contribution in [0.3, 0.4) is 0 Å². The minimum absolute atomic E-state index is 0.385. The first-order valence-electron chi connectivity index (χ1n) is 27.2. The summed E-state index contributed by atoms with van der Waals surface area (Å²) in [5, 5.41) is 15.7. The van der Waals surface area contributed by atoms with E-state index in [0.29, 0.717) is 5.56 Å². The van der Waals surface area contributed by atoms with Crippen molar-refractivity contribution in [2.45, 2.75) is 27.6 Å². The van der Waals surface area contributed by atoms with Gasteiger partial charge in [0.2, 0.25) is 17.1 Å². The standard InChI is InChI=1S/C24H20NS.2C23H18NS/c1-15-8-9-19(16(2)12-15)22-11-10-20-21-13-17-6-4-5-7-18(17)14-23(21)26-24(20)25(22)3;1-15-7-3-6-10-18(15)21-12-11-19-20-13-16-8-4-5-9-17(16)14-22(20)25-23(19)24(21)2;1-15-7-3-5-9-17(15)20-13-12-19-22-18-10-6-4-8-16(18)11-14-21(22)25-23(19)24(20)2/h4-14H,1-3H3;2*3-14H,1-2H3/q3*+1/i1D3;;. The van der Waals surface area contributed by atoms with Crippen LogP contribution in [0.5, 0.6) is 0 Å². The molecule has 15 aromatic rings. The van der Waals surface area contributed by atoms with Gasteiger partial charge in [-0.1, -0.05) is 167 Å². The SMILES string of the molecule is Cc1ccccc1-c1ccc2c3c(ccc4ccccc43)sc2[n+]1C.Cc1ccccc1-c1ccc2c3cc4ccccc4cc3sc2[n+]1C.[2H]C([2H])([2H])c1ccc(-c2ccc3c4cc5ccccc5cc4sc3[n+]2C)c(C)c1. The second-order valence-corrected chi connectivity index (χ2v) is 23.1. The van der Waals surface area contributed by atoms with Gasteiger partial charge in [-0.2, -0.15) is 13.7 Å². The first-order chi connectivity index (χ1) is 38.3. The summed E-state index contributed by atoms with van der Waals surface area (Å²) in [6.07, 6.45) is 0. The van der Waals surface area contributed by atoms with Gasteiger partial charge in [0.1, 0.15) is 21.1 Å². The average molecular weight is 1040 g/mol. The highest BCUT2D eigenvalue weighted by molar-refractivity contribution is 7.26. The molecule has 6 heterocycles. The molecule has 6 aromatic heterocycles. The van der Waals surface area contributed by atoms with Crippen LogP contribution in [-0.4, -0.2) is 0 Å². The maximum absolute atomic E-state index is 7.65. The van der Waals surface area contributed by atoms with Crippen LogP contribution in [0.2, 0.25) is 0 Å². The van der Waals surface area contributed by atoms with Gasteiger partial charge in [-0.25, -0.2) is 0 Å². The van der Waals surface area contributed by atoms with E-state index in [1.807, 2.05) is 35.7 Å². The fourth-order valence-corrected chi connectivity index (χ4v) is 14.9. The van der Waals surface area contributed by atoms with E-state index in [4.69, 9.17) is 4.11 Å². The summed E-state index contributed by atoms with van der Waals surface area (Å²) < 4.78 is 33.8. The van der Waals surface area contributed by atoms with Gasteiger partial charge >= 0.3 is 0 Å². The highest BCUT2D eigenvalue weighted by atomic mass is 32.1. The average Bonchev–Trinajstić information content (AvgIpc) is 4.21. The molecule has 6 heteroatoms. The molecule has 0 radical (unpaired) electrons. The molecule has 0 N–H and O–H groups in total. The zero-order chi connectivity index (χ0) is 54.3. The monoisotopic (exact) mass is 1040 g/mol. The van der Waals surface area contributed by atoms with E-state index in [9.17, 15) is 0 Å². The van der Waals surface area contributed by atoms with Crippen LogP contribution < -0.4 is 13.7 Å². The third kappa shape index (κ3) is 8.20. The maximum atomic E-state index is 7.65. The maximum Gasteiger partial charge on any atom is 0.270 e. The van der Waals surface area contributed by atoms with E-state index in [1.165, 1.54) is 127 Å². The normalized spacial score (nSPS) is 12.4. The van der Waals surface area contributed by atoms with E-state index < -0.39 is 6.85 Å². The molecule has 0 bridgehead atoms. The van der Waals surface area contributed by atoms with Crippen molar-refractivity contribution >= 4 is 127 Å². The van der Waals surface area contributed by atoms with Crippen LogP contribution in [0, 0.1) is 27.6 Å². The van der Waals surface area contributed by atoms with Crippen LogP contribution in [0.1, 0.15) is 26.4 Å². The number of hydrogen-bond acceptors (Lipinski definition) is 3. The zero-order valence-corrected chi connectivity index (χ0v) is 45.7. The van der Waals surface area contributed by atoms with Crippen LogP contribution in [0.15, 0.2) is 212 Å². The topological polar surface area (TPSA) is 11.6 Å². The molecule has 76 heavy (non-hydrogen) atoms. The lowest BCUT2D eigenvalue weighted by molar-refractivity contribution is -0.631. The molecule has 0 amide bonds. The number of aromatic nitrogens is 3. The molecule has 0 atom stereocenters. The molecule has 15 rings (SSSR count). The fraction of sp³-hybridized carbons (Fsp3) is 0.100. The molecular weight excluding hydrogens is 979 g/mol. The lowest BCUT2D eigenvalue weighted by atomic mass is 10.0. The predicted octanol–water partition coefficient (Wildman–Crippen LogP) is 18.3. The summed E-state index contributed by atoms with van der Waals surface area (Å²) in [6, 6.07) is 75.5. The second-order valence-electron chi connectivity index (χ2n) is 20.0. The Morgan fingerprint density at radius 3 is 1.24 bits per heavy atom. The van der Waals surface area contributed by atoms with E-state index in [0.717, 1.165) is 16.8 Å². The molecule has 0 saturated carbocycles. The number of hydrogen-bond donors (Lipinski definition) is 0. The molecule has 0 fully saturated rings. The van der Waals surface area contributed by atoms with Crippen molar-refractivity contribution in [2.24, 2.45) is 21.1 Å². The Balaban J connectivity index is 0.000000113. The van der Waals surface area contributed by atoms with Gasteiger partial charge in [0.15, 0.2) is 0 Å². The number of rotatable bonds is 3. The Kier molecular flexibility index (Phi) is 11.2. The number of benzene rings is 9. The van der Waals surface area contributed by atoms with Crippen molar-refractivity contribution in [1.29, 1.82) is 0 Å². The number of aryl methyl sites for hydroxylation is 7. The summed E-state index contributed by atoms with van der Waals surface area (Å²) in [5.74, 6) is 0. The molecule has 9 aromatic carbocycles. The van der Waals surface area contributed by atoms with E-state index in [1.54, 1.807) is 23.5 Å². The van der Waals surface area contributed by atoms with Crippen molar-refractivity contribution in [3.63, 3.8) is 0 Å². The van der Waals surface area contributed by atoms with E-state index >= 15 is 0 Å². The zero-order valence-electron chi connectivity index (χ0n) is 46.3. The highest BCUT2D eigenvalue weighted by Crippen LogP contribution is 2.40. The molecule has 0 aliphatic heterocycles. The predicted molar refractivity (Wildman–Crippen MR) is 329 cm³/mol. The molecule has 0 aliphatic carbocycles. The second kappa shape index (κ2) is 19.2. The first kappa shape index (κ1) is 44.2. The minimum Gasteiger partial charge on any atom is -0.185 e. The molecule has 366 valence electrons. The number of nitrogens with zero attached hydrogens (tertiary/aromatic N) is 3. The third-order valence-electron chi connectivity index (χ3n) is 15.3. The summed E-state index contributed by atoms with van der Waals surface area (Å²) >= 11 is 5.56. The van der Waals surface area contributed by atoms with Gasteiger partial charge in [0.25, 0.3) is 14.5 Å². The van der Waals surface area contributed by atoms with Gasteiger partial charge < -0.3 is 0 Å². The highest BCUT2D eigenvalue weighted by Gasteiger charge is 2.23. The molecule has 3 nitrogen and oxygen atoms in total. The van der Waals surface area contributed by atoms with Gasteiger partial charge in [-0.15, -0.1) is 0 Å². The van der Waals surface area contributed by atoms with Gasteiger partial charge in [-0.3, -0.25) is 0 Å². The number of thiophene rings is 3. The smallest absolute Gasteiger partial charge is 0.185 e. The summed E-state index contributed by atoms with van der Waals surface area (Å²) in [4.78, 5) is 3.87. The number of pyridine rings is 3. The Labute approximate surface area is 459 Å². The third-order valence-corrected chi connectivity index (χ3v) is 19.1. The Hall–Kier alpha value is -8.13. The Morgan fingerprint density at radius 1 is 0.316 bits per heavy atom. The molecule has 0 aliphatic rings. The van der Waals surface area contributed by atoms with Gasteiger partial charge in [0.05, 0.1) is 16.2 Å². The van der Waals surface area contributed by atoms with Crippen LogP contribution >= 0.6 is 34.0 Å². The fourth-order valence-electron chi connectivity index (χ4n) is 11.3. The van der Waals surface area contributed by atoms with Crippen LogP contribution in [-0.2, 0) is 21.1 Å². The van der Waals surface area contributed by atoms with E-state index in [-0.39, 0.29) is 0 Å². The largest absolute Gasteiger partial charge is 0.270 e. The minimum atomic E-state index is -2.08. The summed E-state index contributed by atoms with van der Waals surface area (Å²) in [7, 11) is 6.45. The molecular formula is C70H56N3S3+3. The van der Waals surface area contributed by atoms with Crippen molar-refractivity contribution in [3.05, 3.63) is 235 Å². The molecule has 0 unspecified atom stereocenters. The Morgan fingerprint density at radius 2 is 0.737 bits per heavy atom. The van der Waals surface area contributed by atoms with Crippen molar-refractivity contribution in [1.82, 2.24) is 0 Å². The van der Waals surface area contributed by atoms with Gasteiger partial charge in [-0.05, 0) is 143 Å². The van der Waals surface area contributed by atoms with Crippen molar-refractivity contribution in [2.75, 3.05) is 0 Å². The van der Waals surface area contributed by atoms with E-state index in [2.05, 4.69) is 243 Å².